The maximum atomic E-state index is 14.0. The Balaban J connectivity index is 1.71. The number of hydrogen-bond donors (Lipinski definition) is 2. The van der Waals surface area contributed by atoms with Crippen molar-refractivity contribution in [2.45, 2.75) is 39.3 Å². The van der Waals surface area contributed by atoms with E-state index in [9.17, 15) is 14.4 Å². The molecule has 190 valence electrons. The molecule has 2 N–H and O–H groups in total. The molecule has 0 aromatic heterocycles. The van der Waals surface area contributed by atoms with Crippen LogP contribution in [-0.4, -0.2) is 67.0 Å². The van der Waals surface area contributed by atoms with E-state index in [-0.39, 0.29) is 24.4 Å². The average Bonchev–Trinajstić information content (AvgIpc) is 3.19. The Kier molecular flexibility index (Phi) is 7.74. The lowest BCUT2D eigenvalue weighted by atomic mass is 9.91. The highest BCUT2D eigenvalue weighted by atomic mass is 16.5. The number of hydrogen-bond acceptors (Lipinski definition) is 4. The quantitative estimate of drug-likeness (QED) is 0.529. The molecule has 0 fully saturated rings. The number of urea groups is 1. The minimum Gasteiger partial charge on any atom is -0.383 e. The van der Waals surface area contributed by atoms with Crippen molar-refractivity contribution in [2.75, 3.05) is 33.4 Å². The van der Waals surface area contributed by atoms with Gasteiger partial charge in [0.05, 0.1) is 30.5 Å². The van der Waals surface area contributed by atoms with Gasteiger partial charge in [-0.05, 0) is 37.5 Å². The SMILES string of the molecule is CCN1C(=O)N[C@@H](c2ccc(C)cc2C)C2=C1CN([C@H](Cc1ccccc1)C(=O)NCCOC)C2=O. The summed E-state index contributed by atoms with van der Waals surface area (Å²) < 4.78 is 5.08. The van der Waals surface area contributed by atoms with E-state index in [1.54, 1.807) is 16.9 Å². The Morgan fingerprint density at radius 3 is 2.58 bits per heavy atom. The smallest absolute Gasteiger partial charge is 0.322 e. The Hall–Kier alpha value is -3.65. The lowest BCUT2D eigenvalue weighted by molar-refractivity contribution is -0.136. The van der Waals surface area contributed by atoms with E-state index >= 15 is 0 Å². The molecule has 2 aliphatic heterocycles. The molecule has 4 rings (SSSR count). The van der Waals surface area contributed by atoms with Crippen LogP contribution in [-0.2, 0) is 20.7 Å². The monoisotopic (exact) mass is 490 g/mol. The zero-order valence-electron chi connectivity index (χ0n) is 21.3. The van der Waals surface area contributed by atoms with Gasteiger partial charge in [-0.1, -0.05) is 54.1 Å². The summed E-state index contributed by atoms with van der Waals surface area (Å²) in [5, 5.41) is 5.94. The number of carbonyl (C=O) groups excluding carboxylic acids is 3. The number of nitrogens with zero attached hydrogens (tertiary/aromatic N) is 2. The number of ether oxygens (including phenoxy) is 1. The van der Waals surface area contributed by atoms with Crippen LogP contribution in [0.3, 0.4) is 0 Å². The van der Waals surface area contributed by atoms with Crippen LogP contribution in [0, 0.1) is 13.8 Å². The van der Waals surface area contributed by atoms with Crippen LogP contribution < -0.4 is 10.6 Å². The van der Waals surface area contributed by atoms with Gasteiger partial charge in [-0.2, -0.15) is 0 Å². The number of aryl methyl sites for hydroxylation is 2. The Bertz CT molecular complexity index is 1180. The maximum Gasteiger partial charge on any atom is 0.322 e. The first-order chi connectivity index (χ1) is 17.3. The molecular formula is C28H34N4O4. The van der Waals surface area contributed by atoms with Crippen molar-refractivity contribution in [3.05, 3.63) is 82.1 Å². The molecule has 0 saturated heterocycles. The molecule has 2 atom stereocenters. The fourth-order valence-electron chi connectivity index (χ4n) is 5.06. The number of methoxy groups -OCH3 is 1. The first kappa shape index (κ1) is 25.4. The van der Waals surface area contributed by atoms with E-state index in [4.69, 9.17) is 4.74 Å². The summed E-state index contributed by atoms with van der Waals surface area (Å²) in [7, 11) is 1.58. The maximum absolute atomic E-state index is 14.0. The fourth-order valence-corrected chi connectivity index (χ4v) is 5.06. The molecule has 2 heterocycles. The summed E-state index contributed by atoms with van der Waals surface area (Å²) in [5.41, 5.74) is 5.15. The van der Waals surface area contributed by atoms with Crippen LogP contribution in [0.1, 0.15) is 35.2 Å². The molecule has 36 heavy (non-hydrogen) atoms. The largest absolute Gasteiger partial charge is 0.383 e. The van der Waals surface area contributed by atoms with Crippen LogP contribution >= 0.6 is 0 Å². The Labute approximate surface area is 212 Å². The summed E-state index contributed by atoms with van der Waals surface area (Å²) in [6.07, 6.45) is 0.369. The van der Waals surface area contributed by atoms with Crippen LogP contribution in [0.5, 0.6) is 0 Å². The minimum absolute atomic E-state index is 0.200. The van der Waals surface area contributed by atoms with E-state index in [1.165, 1.54) is 0 Å². The standard InChI is InChI=1S/C28H34N4O4/c1-5-31-23-17-32(22(26(33)29-13-14-36-4)16-20-9-7-6-8-10-20)27(34)24(23)25(30-28(31)35)21-12-11-18(2)15-19(21)3/h6-12,15,22,25H,5,13-14,16-17H2,1-4H3,(H,29,33)(H,30,35)/t22-,25+/m1/s1. The van der Waals surface area contributed by atoms with Gasteiger partial charge in [-0.3, -0.25) is 14.5 Å². The second-order valence-corrected chi connectivity index (χ2v) is 9.27. The zero-order chi connectivity index (χ0) is 25.8. The second kappa shape index (κ2) is 11.0. The van der Waals surface area contributed by atoms with Crippen molar-refractivity contribution in [3.8, 4) is 0 Å². The van der Waals surface area contributed by atoms with Crippen molar-refractivity contribution < 1.29 is 19.1 Å². The predicted molar refractivity (Wildman–Crippen MR) is 137 cm³/mol. The number of benzene rings is 2. The van der Waals surface area contributed by atoms with Gasteiger partial charge < -0.3 is 20.3 Å². The summed E-state index contributed by atoms with van der Waals surface area (Å²) in [5.74, 6) is -0.467. The average molecular weight is 491 g/mol. The molecule has 2 aliphatic rings. The van der Waals surface area contributed by atoms with Crippen molar-refractivity contribution in [1.29, 1.82) is 0 Å². The second-order valence-electron chi connectivity index (χ2n) is 9.27. The van der Waals surface area contributed by atoms with E-state index in [1.807, 2.05) is 69.3 Å². The van der Waals surface area contributed by atoms with Crippen molar-refractivity contribution in [3.63, 3.8) is 0 Å². The Morgan fingerprint density at radius 2 is 1.92 bits per heavy atom. The molecule has 8 nitrogen and oxygen atoms in total. The van der Waals surface area contributed by atoms with Crippen molar-refractivity contribution >= 4 is 17.8 Å². The molecule has 4 amide bonds. The minimum atomic E-state index is -0.726. The van der Waals surface area contributed by atoms with E-state index in [0.717, 1.165) is 22.3 Å². The van der Waals surface area contributed by atoms with E-state index in [2.05, 4.69) is 10.6 Å². The lowest BCUT2D eigenvalue weighted by Gasteiger charge is -2.33. The number of amides is 4. The molecule has 2 aromatic rings. The third-order valence-corrected chi connectivity index (χ3v) is 6.86. The lowest BCUT2D eigenvalue weighted by Crippen LogP contribution is -2.50. The molecule has 0 aliphatic carbocycles. The summed E-state index contributed by atoms with van der Waals surface area (Å²) in [6, 6.07) is 14.1. The highest BCUT2D eigenvalue weighted by molar-refractivity contribution is 6.03. The van der Waals surface area contributed by atoms with Gasteiger partial charge in [0.15, 0.2) is 0 Å². The normalized spacial score (nSPS) is 18.3. The number of nitrogens with one attached hydrogen (secondary N) is 2. The first-order valence-electron chi connectivity index (χ1n) is 12.4. The first-order valence-corrected chi connectivity index (χ1v) is 12.4. The van der Waals surface area contributed by atoms with Crippen LogP contribution in [0.2, 0.25) is 0 Å². The third-order valence-electron chi connectivity index (χ3n) is 6.86. The number of carbonyl (C=O) groups is 3. The van der Waals surface area contributed by atoms with Crippen LogP contribution in [0.15, 0.2) is 59.8 Å². The van der Waals surface area contributed by atoms with Gasteiger partial charge in [0.2, 0.25) is 5.91 Å². The molecule has 0 spiro atoms. The third kappa shape index (κ3) is 4.99. The van der Waals surface area contributed by atoms with Crippen LogP contribution in [0.25, 0.3) is 0 Å². The highest BCUT2D eigenvalue weighted by Crippen LogP contribution is 2.38. The van der Waals surface area contributed by atoms with Crippen molar-refractivity contribution in [2.24, 2.45) is 0 Å². The topological polar surface area (TPSA) is 91.0 Å². The molecule has 8 heteroatoms. The molecule has 0 radical (unpaired) electrons. The number of rotatable bonds is 9. The summed E-state index contributed by atoms with van der Waals surface area (Å²) in [4.78, 5) is 43.7. The van der Waals surface area contributed by atoms with Gasteiger partial charge in [0, 0.05) is 26.6 Å². The van der Waals surface area contributed by atoms with Gasteiger partial charge >= 0.3 is 6.03 Å². The Morgan fingerprint density at radius 1 is 1.17 bits per heavy atom. The van der Waals surface area contributed by atoms with Gasteiger partial charge in [0.25, 0.3) is 5.91 Å². The predicted octanol–water partition coefficient (Wildman–Crippen LogP) is 2.86. The van der Waals surface area contributed by atoms with Crippen LogP contribution in [0.4, 0.5) is 4.79 Å². The van der Waals surface area contributed by atoms with E-state index < -0.39 is 12.1 Å². The molecular weight excluding hydrogens is 456 g/mol. The van der Waals surface area contributed by atoms with E-state index in [0.29, 0.717) is 37.4 Å². The fraction of sp³-hybridized carbons (Fsp3) is 0.393. The van der Waals surface area contributed by atoms with Gasteiger partial charge in [-0.15, -0.1) is 0 Å². The molecule has 0 unspecified atom stereocenters. The zero-order valence-corrected chi connectivity index (χ0v) is 21.3. The summed E-state index contributed by atoms with van der Waals surface area (Å²) in [6.45, 7) is 7.23. The van der Waals surface area contributed by atoms with Gasteiger partial charge in [0.1, 0.15) is 6.04 Å². The highest BCUT2D eigenvalue weighted by Gasteiger charge is 2.47. The van der Waals surface area contributed by atoms with Crippen molar-refractivity contribution in [1.82, 2.24) is 20.4 Å². The molecule has 2 aromatic carbocycles. The van der Waals surface area contributed by atoms with Gasteiger partial charge in [-0.25, -0.2) is 4.79 Å². The molecule has 0 bridgehead atoms. The number of likely N-dealkylation sites (N-methyl/N-ethyl adjacent to an activating group) is 1. The summed E-state index contributed by atoms with van der Waals surface area (Å²) >= 11 is 0. The molecule has 0 saturated carbocycles.